The van der Waals surface area contributed by atoms with Gasteiger partial charge in [-0.2, -0.15) is 0 Å². The molecule has 4 aliphatic heterocycles. The van der Waals surface area contributed by atoms with Crippen molar-refractivity contribution in [3.63, 3.8) is 0 Å². The van der Waals surface area contributed by atoms with Crippen molar-refractivity contribution >= 4 is 102 Å². The van der Waals surface area contributed by atoms with Crippen molar-refractivity contribution in [1.82, 2.24) is 47.5 Å². The standard InChI is InChI=1S/C67H93IN10O27S2/c1-29(81)47-63(97)76-42(62(96)78-48(30(2)82)64(98)99)27-107-106-26-41(61(95)73-39(20-32-15-16-43(83)35(68)18-32)59(93)74-40(21-33-22-70-36-13-7-6-12-34(33)36)60(94)72-37(57(91)77-47)14-8-9-17-69)75-58(92)38(19-31-10-4-3-5-11-31)71-28-67(100)56(90)54(44(84)25-101-67)104-66-53(89)51(87)55(46(24-80)103-66)105-65-52(88)50(86)49(85)45(23-79)102-65/h3-7,10-13,15-16,18,22,29-30,37-42,44-56,65-66,70-71,79-90,100H,8-9,14,17,19-21,23-28,69H2,1-2H3,(H,72,94)(H,73,95)(H,74,93)(H,75,92)(H,76,97)(H,77,91)(H,78,96)(H,98,99)/t29-,30-,37+,38-,39+,40-,41+,42+,44-,45-,46-,47+,48-,49-,50+,51-,52-,53-,54-,55-,56+,65-,66-,67-/m1/s1. The molecule has 24 atom stereocenters. The summed E-state index contributed by atoms with van der Waals surface area (Å²) in [5.41, 5.74) is 7.82. The van der Waals surface area contributed by atoms with Crippen molar-refractivity contribution in [3.05, 3.63) is 99.3 Å². The summed E-state index contributed by atoms with van der Waals surface area (Å²) in [4.78, 5) is 119. The molecular formula is C67H93IN10O27S2. The van der Waals surface area contributed by atoms with Gasteiger partial charge in [-0.05, 0) is 104 Å². The summed E-state index contributed by atoms with van der Waals surface area (Å²) in [6.45, 7) is -1.22. The number of ether oxygens (including phenoxy) is 5. The maximum atomic E-state index is 15.4. The van der Waals surface area contributed by atoms with Gasteiger partial charge in [-0.3, -0.25) is 33.6 Å². The summed E-state index contributed by atoms with van der Waals surface area (Å²) in [6, 6.07) is 5.90. The molecule has 0 saturated carbocycles. The number of aromatic amines is 1. The number of aliphatic hydroxyl groups excluding tert-OH is 11. The highest BCUT2D eigenvalue weighted by molar-refractivity contribution is 14.1. The number of phenols is 1. The quantitative estimate of drug-likeness (QED) is 0.0158. The second-order valence-electron chi connectivity index (χ2n) is 26.4. The summed E-state index contributed by atoms with van der Waals surface area (Å²) in [6.07, 6.45) is -27.3. The van der Waals surface area contributed by atoms with E-state index in [0.717, 1.165) is 35.4 Å². The molecule has 4 aromatic rings. The summed E-state index contributed by atoms with van der Waals surface area (Å²) >= 11 is 1.85. The number of carboxylic acids is 1. The van der Waals surface area contributed by atoms with E-state index in [-0.39, 0.29) is 44.4 Å². The van der Waals surface area contributed by atoms with E-state index < -0.39 is 231 Å². The second kappa shape index (κ2) is 39.9. The number of carbonyl (C=O) groups is 8. The normalized spacial score (nSPS) is 32.2. The number of carboxylic acid groups (broad SMARTS) is 1. The lowest BCUT2D eigenvalue weighted by atomic mass is 9.94. The SMILES string of the molecule is C[C@@H](O)[C@@H]1NC(=O)[C@H](CCCCN)NC(=O)[C@@H](Cc2c[nH]c3ccccc23)NC(=O)[C@H](Cc2ccc(O)c(I)c2)NC(=O)[C@@H](NC(=O)[C@@H](Cc2ccccc2)NC[C@@]2(O)OC[C@@H](O)[C@@H](O[C@H]3O[C@H](CO)[C@@H](O[C@H]4O[C@H](CO)[C@@H](O)[C@H](O)[C@H]4O)[C@H](O)[C@H]3O)[C@@H]2O)CSSC[C@@H](C(=O)N[C@@H](C(=O)O)[C@@H](C)O)NC1=O. The fourth-order valence-electron chi connectivity index (χ4n) is 12.3. The third-order valence-corrected chi connectivity index (χ3v) is 21.7. The van der Waals surface area contributed by atoms with Crippen LogP contribution in [0, 0.1) is 3.57 Å². The fourth-order valence-corrected chi connectivity index (χ4v) is 15.2. The van der Waals surface area contributed by atoms with Crippen LogP contribution in [0.15, 0.2) is 79.0 Å². The Kier molecular flexibility index (Phi) is 32.1. The highest BCUT2D eigenvalue weighted by Crippen LogP contribution is 2.34. The Hall–Kier alpha value is -6.57. The number of aliphatic carboxylic acids is 1. The van der Waals surface area contributed by atoms with Gasteiger partial charge in [0, 0.05) is 41.4 Å². The lowest BCUT2D eigenvalue weighted by Crippen LogP contribution is -2.69. The average molecular weight is 1660 g/mol. The number of nitrogens with one attached hydrogen (secondary N) is 9. The molecule has 0 unspecified atom stereocenters. The van der Waals surface area contributed by atoms with E-state index in [1.807, 2.05) is 22.6 Å². The number of para-hydroxylation sites is 1. The molecule has 5 heterocycles. The second-order valence-corrected chi connectivity index (χ2v) is 30.1. The first kappa shape index (κ1) is 86.0. The van der Waals surface area contributed by atoms with E-state index in [1.165, 1.54) is 18.2 Å². The van der Waals surface area contributed by atoms with Crippen LogP contribution in [-0.4, -0.2) is 314 Å². The molecule has 0 radical (unpaired) electrons. The topological polar surface area (TPSA) is 604 Å². The van der Waals surface area contributed by atoms with Gasteiger partial charge in [0.1, 0.15) is 109 Å². The molecule has 4 aliphatic rings. The number of hydrogen-bond acceptors (Lipinski definition) is 30. The van der Waals surface area contributed by atoms with Crippen LogP contribution in [0.1, 0.15) is 49.8 Å². The number of amides is 7. The molecule has 4 fully saturated rings. The van der Waals surface area contributed by atoms with Crippen molar-refractivity contribution in [2.24, 2.45) is 5.73 Å². The maximum Gasteiger partial charge on any atom is 0.328 e. The van der Waals surface area contributed by atoms with Crippen LogP contribution in [0.25, 0.3) is 10.9 Å². The van der Waals surface area contributed by atoms with Crippen molar-refractivity contribution in [2.45, 2.75) is 198 Å². The Balaban J connectivity index is 1.12. The number of rotatable bonds is 26. The minimum absolute atomic E-state index is 0.113. The molecule has 7 amide bonds. The number of aromatic nitrogens is 1. The molecule has 0 spiro atoms. The van der Waals surface area contributed by atoms with Gasteiger partial charge in [-0.1, -0.05) is 76.2 Å². The van der Waals surface area contributed by atoms with Crippen LogP contribution >= 0.6 is 44.2 Å². The fraction of sp³-hybridized carbons (Fsp3) is 0.582. The Morgan fingerprint density at radius 1 is 0.710 bits per heavy atom. The van der Waals surface area contributed by atoms with Crippen LogP contribution in [0.3, 0.4) is 0 Å². The largest absolute Gasteiger partial charge is 0.507 e. The van der Waals surface area contributed by atoms with Gasteiger partial charge in [-0.25, -0.2) is 4.79 Å². The molecule has 25 N–H and O–H groups in total. The number of H-pyrrole nitrogens is 1. The van der Waals surface area contributed by atoms with Gasteiger partial charge in [0.15, 0.2) is 18.6 Å². The molecule has 3 aromatic carbocycles. The number of benzene rings is 3. The molecule has 1 aromatic heterocycles. The molecule has 0 aliphatic carbocycles. The molecular weight excluding hydrogens is 1570 g/mol. The van der Waals surface area contributed by atoms with Gasteiger partial charge >= 0.3 is 5.97 Å². The van der Waals surface area contributed by atoms with Crippen LogP contribution < -0.4 is 48.3 Å². The zero-order chi connectivity index (χ0) is 78.1. The van der Waals surface area contributed by atoms with Crippen molar-refractivity contribution in [2.75, 3.05) is 44.4 Å². The number of phenolic OH excluding ortho intramolecular Hbond substituents is 1. The number of hydrogen-bond donors (Lipinski definition) is 24. The summed E-state index contributed by atoms with van der Waals surface area (Å²) < 4.78 is 28.5. The van der Waals surface area contributed by atoms with Crippen molar-refractivity contribution in [3.8, 4) is 5.75 Å². The minimum Gasteiger partial charge on any atom is -0.507 e. The smallest absolute Gasteiger partial charge is 0.328 e. The Morgan fingerprint density at radius 3 is 1.98 bits per heavy atom. The first-order valence-corrected chi connectivity index (χ1v) is 37.9. The average Bonchev–Trinajstić information content (AvgIpc) is 1.40. The number of fused-ring (bicyclic) bond motifs is 1. The zero-order valence-electron chi connectivity index (χ0n) is 57.8. The van der Waals surface area contributed by atoms with Crippen LogP contribution in [0.5, 0.6) is 5.75 Å². The number of aliphatic hydroxyl groups is 12. The molecule has 0 bridgehead atoms. The van der Waals surface area contributed by atoms with E-state index in [0.29, 0.717) is 37.6 Å². The first-order valence-electron chi connectivity index (χ1n) is 34.3. The third-order valence-electron chi connectivity index (χ3n) is 18.4. The van der Waals surface area contributed by atoms with E-state index in [2.05, 4.69) is 47.5 Å². The molecule has 40 heteroatoms. The van der Waals surface area contributed by atoms with Gasteiger partial charge in [0.25, 0.3) is 0 Å². The number of nitrogens with two attached hydrogens (primary N) is 1. The van der Waals surface area contributed by atoms with Crippen LogP contribution in [-0.2, 0) is 81.3 Å². The highest BCUT2D eigenvalue weighted by Gasteiger charge is 2.55. The summed E-state index contributed by atoms with van der Waals surface area (Å²) in [5, 5.41) is 173. The van der Waals surface area contributed by atoms with E-state index in [4.69, 9.17) is 29.4 Å². The van der Waals surface area contributed by atoms with E-state index in [9.17, 15) is 90.7 Å². The molecule has 4 saturated heterocycles. The predicted molar refractivity (Wildman–Crippen MR) is 385 cm³/mol. The number of halogens is 1. The van der Waals surface area contributed by atoms with Crippen molar-refractivity contribution < 1.29 is 134 Å². The molecule has 8 rings (SSSR count). The predicted octanol–water partition coefficient (Wildman–Crippen LogP) is -7.32. The Morgan fingerprint density at radius 2 is 1.33 bits per heavy atom. The van der Waals surface area contributed by atoms with Gasteiger partial charge in [0.2, 0.25) is 47.1 Å². The third kappa shape index (κ3) is 22.6. The molecule has 37 nitrogen and oxygen atoms in total. The zero-order valence-corrected chi connectivity index (χ0v) is 61.6. The lowest BCUT2D eigenvalue weighted by molar-refractivity contribution is -0.383. The lowest BCUT2D eigenvalue weighted by Gasteiger charge is -2.48. The van der Waals surface area contributed by atoms with Crippen LogP contribution in [0.2, 0.25) is 0 Å². The Bertz CT molecular complexity index is 3650. The van der Waals surface area contributed by atoms with Crippen LogP contribution in [0.4, 0.5) is 0 Å². The van der Waals surface area contributed by atoms with Gasteiger partial charge in [-0.15, -0.1) is 0 Å². The van der Waals surface area contributed by atoms with E-state index in [1.54, 1.807) is 60.8 Å². The monoisotopic (exact) mass is 1660 g/mol. The Labute approximate surface area is 633 Å². The highest BCUT2D eigenvalue weighted by atomic mass is 127. The minimum atomic E-state index is -2.84. The van der Waals surface area contributed by atoms with Gasteiger partial charge in [0.05, 0.1) is 48.2 Å². The molecule has 107 heavy (non-hydrogen) atoms. The van der Waals surface area contributed by atoms with Gasteiger partial charge < -0.3 is 148 Å². The first-order chi connectivity index (χ1) is 50.9. The number of carbonyl (C=O) groups excluding carboxylic acids is 7. The molecule has 592 valence electrons. The van der Waals surface area contributed by atoms with E-state index >= 15 is 19.2 Å². The maximum absolute atomic E-state index is 15.4. The number of aromatic hydroxyl groups is 1. The summed E-state index contributed by atoms with van der Waals surface area (Å²) in [7, 11) is 1.57. The van der Waals surface area contributed by atoms with Crippen molar-refractivity contribution in [1.29, 1.82) is 0 Å². The summed E-state index contributed by atoms with van der Waals surface area (Å²) in [5.74, 6) is -13.0. The number of unbranched alkanes of at least 4 members (excludes halogenated alkanes) is 1.